The Morgan fingerprint density at radius 3 is 1.44 bits per heavy atom. The molecule has 0 radical (unpaired) electrons. The molecule has 296 valence electrons. The molecule has 0 spiro atoms. The Morgan fingerprint density at radius 1 is 0.630 bits per heavy atom. The third kappa shape index (κ3) is 16.3. The van der Waals surface area contributed by atoms with Gasteiger partial charge in [-0.05, 0) is 125 Å². The van der Waals surface area contributed by atoms with Gasteiger partial charge in [-0.25, -0.2) is 35.9 Å². The molecule has 0 atom stereocenters. The van der Waals surface area contributed by atoms with E-state index in [1.165, 1.54) is 12.1 Å². The number of halogens is 1. The maximum absolute atomic E-state index is 12.6. The van der Waals surface area contributed by atoms with E-state index >= 15 is 0 Å². The maximum Gasteiger partial charge on any atom is 0.319 e. The highest BCUT2D eigenvalue weighted by atomic mass is 79.9. The van der Waals surface area contributed by atoms with Crippen LogP contribution in [0.5, 0.6) is 0 Å². The maximum atomic E-state index is 12.6. The van der Waals surface area contributed by atoms with Crippen LogP contribution in [0.15, 0.2) is 99.5 Å². The van der Waals surface area contributed by atoms with E-state index in [4.69, 9.17) is 0 Å². The normalized spacial score (nSPS) is 11.4. The van der Waals surface area contributed by atoms with Crippen molar-refractivity contribution in [3.63, 3.8) is 0 Å². The highest BCUT2D eigenvalue weighted by Gasteiger charge is 2.25. The van der Waals surface area contributed by atoms with E-state index in [-0.39, 0.29) is 37.7 Å². The predicted octanol–water partition coefficient (Wildman–Crippen LogP) is 7.30. The summed E-state index contributed by atoms with van der Waals surface area (Å²) in [6, 6.07) is 19.3. The van der Waals surface area contributed by atoms with Gasteiger partial charge >= 0.3 is 12.1 Å². The van der Waals surface area contributed by atoms with Crippen LogP contribution in [-0.4, -0.2) is 49.9 Å². The van der Waals surface area contributed by atoms with Crippen molar-refractivity contribution in [1.29, 1.82) is 0 Å². The Kier molecular flexibility index (Phi) is 17.9. The van der Waals surface area contributed by atoms with Gasteiger partial charge in [0.2, 0.25) is 20.0 Å². The van der Waals surface area contributed by atoms with Crippen LogP contribution in [0.3, 0.4) is 0 Å². The molecular formula is C37H53BrN8O6S2. The number of aromatic nitrogens is 2. The number of rotatable bonds is 10. The lowest BCUT2D eigenvalue weighted by atomic mass is 10.1. The lowest BCUT2D eigenvalue weighted by Gasteiger charge is -2.21. The monoisotopic (exact) mass is 848 g/mol. The van der Waals surface area contributed by atoms with Gasteiger partial charge in [-0.3, -0.25) is 9.97 Å². The summed E-state index contributed by atoms with van der Waals surface area (Å²) in [5.74, 6) is 0. The summed E-state index contributed by atoms with van der Waals surface area (Å²) in [4.78, 5) is 32.5. The van der Waals surface area contributed by atoms with Crippen molar-refractivity contribution in [1.82, 2.24) is 30.0 Å². The standard InChI is InChI=1S/C18H24N4O3S.C17H21BrN4O3S.2CH4/c1-13-8-9-14(11-16(13)26(24,25)22-18(2,3)4)21-17(23)20-12-15-7-5-6-10-19-15;1-17(2,3)22-26(24,25)15-10-12(7-8-14(15)18)21-16(23)20-11-13-6-4-5-9-19-13;;/h5-11,22H,12H2,1-4H3,(H2,20,21,23);4-10,22H,11H2,1-3H3,(H2,20,21,23);2*1H4. The van der Waals surface area contributed by atoms with E-state index in [0.29, 0.717) is 21.4 Å². The minimum absolute atomic E-state index is 0. The van der Waals surface area contributed by atoms with E-state index in [9.17, 15) is 26.4 Å². The lowest BCUT2D eigenvalue weighted by molar-refractivity contribution is 0.251. The van der Waals surface area contributed by atoms with E-state index in [0.717, 1.165) is 11.4 Å². The fourth-order valence-electron chi connectivity index (χ4n) is 4.37. The van der Waals surface area contributed by atoms with Crippen LogP contribution in [0.25, 0.3) is 0 Å². The Morgan fingerprint density at radius 2 is 1.04 bits per heavy atom. The Hall–Kier alpha value is -4.42. The molecule has 4 amide bonds. The summed E-state index contributed by atoms with van der Waals surface area (Å²) in [6.07, 6.45) is 3.29. The molecule has 0 bridgehead atoms. The number of urea groups is 2. The molecule has 0 fully saturated rings. The van der Waals surface area contributed by atoms with Gasteiger partial charge in [0, 0.05) is 39.3 Å². The SMILES string of the molecule is C.C.CC(C)(C)NS(=O)(=O)c1cc(NC(=O)NCc2ccccn2)ccc1Br.Cc1ccc(NC(=O)NCc2ccccn2)cc1S(=O)(=O)NC(C)(C)C. The molecular weight excluding hydrogens is 796 g/mol. The average molecular weight is 850 g/mol. The Bertz CT molecular complexity index is 1910. The van der Waals surface area contributed by atoms with Crippen LogP contribution in [0.4, 0.5) is 21.0 Å². The van der Waals surface area contributed by atoms with Gasteiger partial charge in [0.25, 0.3) is 0 Å². The third-order valence-electron chi connectivity index (χ3n) is 6.41. The number of pyridine rings is 2. The zero-order chi connectivity index (χ0) is 38.7. The van der Waals surface area contributed by atoms with Crippen molar-refractivity contribution in [2.45, 2.75) is 97.3 Å². The second kappa shape index (κ2) is 20.3. The number of carbonyl (C=O) groups excluding carboxylic acids is 2. The van der Waals surface area contributed by atoms with Crippen molar-refractivity contribution < 1.29 is 26.4 Å². The van der Waals surface area contributed by atoms with Gasteiger partial charge in [0.1, 0.15) is 0 Å². The quantitative estimate of drug-likeness (QED) is 0.0955. The number of anilines is 2. The zero-order valence-corrected chi connectivity index (χ0v) is 33.3. The van der Waals surface area contributed by atoms with Crippen LogP contribution in [0.1, 0.15) is 73.3 Å². The first kappa shape index (κ1) is 47.6. The van der Waals surface area contributed by atoms with Crippen molar-refractivity contribution in [3.8, 4) is 0 Å². The van der Waals surface area contributed by atoms with Gasteiger partial charge in [-0.1, -0.05) is 33.1 Å². The van der Waals surface area contributed by atoms with Crippen molar-refractivity contribution in [2.75, 3.05) is 10.6 Å². The number of hydrogen-bond donors (Lipinski definition) is 6. The fourth-order valence-corrected chi connectivity index (χ4v) is 8.47. The summed E-state index contributed by atoms with van der Waals surface area (Å²) >= 11 is 3.25. The minimum Gasteiger partial charge on any atom is -0.332 e. The van der Waals surface area contributed by atoms with Crippen LogP contribution >= 0.6 is 15.9 Å². The lowest BCUT2D eigenvalue weighted by Crippen LogP contribution is -2.40. The van der Waals surface area contributed by atoms with Crippen molar-refractivity contribution in [2.24, 2.45) is 0 Å². The van der Waals surface area contributed by atoms with Gasteiger partial charge in [-0.2, -0.15) is 0 Å². The topological polar surface area (TPSA) is 200 Å². The number of aryl methyl sites for hydroxylation is 1. The van der Waals surface area contributed by atoms with Crippen molar-refractivity contribution >= 4 is 59.4 Å². The molecule has 2 heterocycles. The zero-order valence-electron chi connectivity index (χ0n) is 30.0. The fraction of sp³-hybridized carbons (Fsp3) is 0.351. The molecule has 2 aromatic carbocycles. The molecule has 0 unspecified atom stereocenters. The molecule has 0 saturated carbocycles. The van der Waals surface area contributed by atoms with Crippen LogP contribution < -0.4 is 30.7 Å². The molecule has 0 aliphatic rings. The van der Waals surface area contributed by atoms with E-state index in [1.807, 2.05) is 12.1 Å². The molecule has 0 saturated heterocycles. The summed E-state index contributed by atoms with van der Waals surface area (Å²) in [6.45, 7) is 12.8. The molecule has 54 heavy (non-hydrogen) atoms. The number of nitrogens with zero attached hydrogens (tertiary/aromatic N) is 2. The second-order valence-electron chi connectivity index (χ2n) is 13.6. The molecule has 0 aliphatic carbocycles. The highest BCUT2D eigenvalue weighted by molar-refractivity contribution is 9.10. The number of sulfonamides is 2. The average Bonchev–Trinajstić information content (AvgIpc) is 3.03. The molecule has 14 nitrogen and oxygen atoms in total. The third-order valence-corrected chi connectivity index (χ3v) is 11.1. The first-order chi connectivity index (χ1) is 24.1. The highest BCUT2D eigenvalue weighted by Crippen LogP contribution is 2.27. The van der Waals surface area contributed by atoms with Crippen LogP contribution in [-0.2, 0) is 33.1 Å². The van der Waals surface area contributed by atoms with Gasteiger partial charge in [0.15, 0.2) is 0 Å². The second-order valence-corrected chi connectivity index (χ2v) is 17.7. The number of carbonyl (C=O) groups is 2. The molecule has 4 aromatic rings. The van der Waals surface area contributed by atoms with Crippen LogP contribution in [0, 0.1) is 6.92 Å². The first-order valence-electron chi connectivity index (χ1n) is 16.0. The van der Waals surface area contributed by atoms with Crippen LogP contribution in [0.2, 0.25) is 0 Å². The largest absolute Gasteiger partial charge is 0.332 e. The van der Waals surface area contributed by atoms with E-state index in [2.05, 4.69) is 56.6 Å². The summed E-state index contributed by atoms with van der Waals surface area (Å²) in [7, 11) is -7.43. The summed E-state index contributed by atoms with van der Waals surface area (Å²) in [5.41, 5.74) is 1.57. The van der Waals surface area contributed by atoms with E-state index in [1.54, 1.807) is 109 Å². The molecule has 6 N–H and O–H groups in total. The Labute approximate surface area is 329 Å². The molecule has 4 rings (SSSR count). The first-order valence-corrected chi connectivity index (χ1v) is 19.8. The molecule has 0 aliphatic heterocycles. The number of nitrogens with one attached hydrogen (secondary N) is 6. The Balaban J connectivity index is 0.000000521. The van der Waals surface area contributed by atoms with E-state index < -0.39 is 43.2 Å². The van der Waals surface area contributed by atoms with Gasteiger partial charge in [-0.15, -0.1) is 0 Å². The van der Waals surface area contributed by atoms with Gasteiger partial charge in [0.05, 0.1) is 34.3 Å². The smallest absolute Gasteiger partial charge is 0.319 e. The number of benzene rings is 2. The number of amides is 4. The summed E-state index contributed by atoms with van der Waals surface area (Å²) < 4.78 is 55.8. The molecule has 17 heteroatoms. The van der Waals surface area contributed by atoms with Gasteiger partial charge < -0.3 is 21.3 Å². The minimum atomic E-state index is -3.74. The van der Waals surface area contributed by atoms with Crippen molar-refractivity contribution in [3.05, 3.63) is 107 Å². The molecule has 2 aromatic heterocycles. The predicted molar refractivity (Wildman–Crippen MR) is 219 cm³/mol. The number of hydrogen-bond acceptors (Lipinski definition) is 8. The summed E-state index contributed by atoms with van der Waals surface area (Å²) in [5, 5.41) is 10.6.